The van der Waals surface area contributed by atoms with Gasteiger partial charge in [-0.1, -0.05) is 0 Å². The molecule has 1 aliphatic rings. The molecule has 0 spiro atoms. The van der Waals surface area contributed by atoms with Crippen LogP contribution in [0.25, 0.3) is 10.6 Å². The summed E-state index contributed by atoms with van der Waals surface area (Å²) in [4.78, 5) is 18.2. The number of ether oxygens (including phenoxy) is 1. The Bertz CT molecular complexity index is 865. The van der Waals surface area contributed by atoms with Crippen LogP contribution in [0.3, 0.4) is 0 Å². The summed E-state index contributed by atoms with van der Waals surface area (Å²) in [5.74, 6) is 1.12. The molecule has 0 amide bonds. The zero-order valence-electron chi connectivity index (χ0n) is 13.0. The van der Waals surface area contributed by atoms with Crippen molar-refractivity contribution in [2.24, 2.45) is 5.10 Å². The summed E-state index contributed by atoms with van der Waals surface area (Å²) in [5, 5.41) is 7.20. The van der Waals surface area contributed by atoms with E-state index in [4.69, 9.17) is 4.74 Å². The summed E-state index contributed by atoms with van der Waals surface area (Å²) in [6.07, 6.45) is 6.95. The molecular formula is C16H14N6OS. The number of aryl methyl sites for hydroxylation is 1. The minimum Gasteiger partial charge on any atom is -0.474 e. The Balaban J connectivity index is 1.68. The van der Waals surface area contributed by atoms with Gasteiger partial charge in [-0.15, -0.1) is 16.4 Å². The Morgan fingerprint density at radius 2 is 2.04 bits per heavy atom. The van der Waals surface area contributed by atoms with Gasteiger partial charge in [0.15, 0.2) is 0 Å². The maximum Gasteiger partial charge on any atom is 0.250 e. The van der Waals surface area contributed by atoms with Crippen molar-refractivity contribution < 1.29 is 4.74 Å². The smallest absolute Gasteiger partial charge is 0.250 e. The van der Waals surface area contributed by atoms with Crippen molar-refractivity contribution in [1.82, 2.24) is 19.9 Å². The molecule has 0 aromatic carbocycles. The van der Waals surface area contributed by atoms with E-state index in [-0.39, 0.29) is 0 Å². The molecule has 24 heavy (non-hydrogen) atoms. The molecule has 0 N–H and O–H groups in total. The standard InChI is InChI=1S/C16H14N6OS/c1-11-13(24-15(20-11)12-4-2-5-17-10-12)14-21-22(8-9-23-14)16-18-6-3-7-19-16/h2-7,10H,8-9H2,1H3. The highest BCUT2D eigenvalue weighted by Gasteiger charge is 2.22. The van der Waals surface area contributed by atoms with Crippen molar-refractivity contribution in [2.45, 2.75) is 6.92 Å². The van der Waals surface area contributed by atoms with Crippen LogP contribution in [0, 0.1) is 6.92 Å². The Morgan fingerprint density at radius 1 is 1.17 bits per heavy atom. The molecule has 120 valence electrons. The van der Waals surface area contributed by atoms with Gasteiger partial charge in [0.25, 0.3) is 5.90 Å². The summed E-state index contributed by atoms with van der Waals surface area (Å²) in [5.41, 5.74) is 1.87. The van der Waals surface area contributed by atoms with Crippen LogP contribution in [0.4, 0.5) is 5.95 Å². The minimum atomic E-state index is 0.524. The van der Waals surface area contributed by atoms with Crippen molar-refractivity contribution in [3.8, 4) is 10.6 Å². The average molecular weight is 338 g/mol. The monoisotopic (exact) mass is 338 g/mol. The van der Waals surface area contributed by atoms with Gasteiger partial charge in [-0.2, -0.15) is 0 Å². The van der Waals surface area contributed by atoms with E-state index in [1.807, 2.05) is 19.1 Å². The van der Waals surface area contributed by atoms with E-state index in [0.29, 0.717) is 25.0 Å². The van der Waals surface area contributed by atoms with Crippen molar-refractivity contribution in [2.75, 3.05) is 18.2 Å². The zero-order valence-corrected chi connectivity index (χ0v) is 13.8. The molecule has 0 bridgehead atoms. The Labute approximate surface area is 142 Å². The van der Waals surface area contributed by atoms with Gasteiger partial charge in [0.05, 0.1) is 12.2 Å². The predicted octanol–water partition coefficient (Wildman–Crippen LogP) is 2.50. The number of hydrogen-bond donors (Lipinski definition) is 0. The quantitative estimate of drug-likeness (QED) is 0.730. The van der Waals surface area contributed by atoms with Crippen LogP contribution in [-0.2, 0) is 4.74 Å². The molecule has 0 unspecified atom stereocenters. The van der Waals surface area contributed by atoms with E-state index in [1.54, 1.807) is 47.2 Å². The van der Waals surface area contributed by atoms with Gasteiger partial charge < -0.3 is 4.74 Å². The molecular weight excluding hydrogens is 324 g/mol. The highest BCUT2D eigenvalue weighted by molar-refractivity contribution is 7.17. The van der Waals surface area contributed by atoms with Crippen molar-refractivity contribution in [1.29, 1.82) is 0 Å². The summed E-state index contributed by atoms with van der Waals surface area (Å²) >= 11 is 1.54. The highest BCUT2D eigenvalue weighted by atomic mass is 32.1. The number of anilines is 1. The summed E-state index contributed by atoms with van der Waals surface area (Å²) in [7, 11) is 0. The number of thiazole rings is 1. The summed E-state index contributed by atoms with van der Waals surface area (Å²) < 4.78 is 5.75. The number of hydrogen-bond acceptors (Lipinski definition) is 8. The number of hydrazone groups is 1. The van der Waals surface area contributed by atoms with E-state index in [1.165, 1.54) is 0 Å². The maximum atomic E-state index is 5.75. The van der Waals surface area contributed by atoms with Gasteiger partial charge in [0.2, 0.25) is 5.95 Å². The van der Waals surface area contributed by atoms with Crippen LogP contribution in [0.15, 0.2) is 48.1 Å². The molecule has 7 nitrogen and oxygen atoms in total. The first-order chi connectivity index (χ1) is 11.8. The topological polar surface area (TPSA) is 76.4 Å². The second-order valence-corrected chi connectivity index (χ2v) is 6.10. The molecule has 3 aromatic rings. The van der Waals surface area contributed by atoms with E-state index in [0.717, 1.165) is 21.1 Å². The largest absolute Gasteiger partial charge is 0.474 e. The first-order valence-corrected chi connectivity index (χ1v) is 8.27. The van der Waals surface area contributed by atoms with E-state index >= 15 is 0 Å². The maximum absolute atomic E-state index is 5.75. The highest BCUT2D eigenvalue weighted by Crippen LogP contribution is 2.29. The molecule has 0 saturated carbocycles. The van der Waals surface area contributed by atoms with Crippen molar-refractivity contribution >= 4 is 23.2 Å². The first kappa shape index (κ1) is 14.7. The molecule has 3 aromatic heterocycles. The summed E-state index contributed by atoms with van der Waals surface area (Å²) in [6, 6.07) is 5.67. The van der Waals surface area contributed by atoms with Crippen LogP contribution < -0.4 is 5.01 Å². The molecule has 0 fully saturated rings. The van der Waals surface area contributed by atoms with Gasteiger partial charge in [0, 0.05) is 30.4 Å². The second-order valence-electron chi connectivity index (χ2n) is 5.10. The normalized spacial score (nSPS) is 14.2. The van der Waals surface area contributed by atoms with Gasteiger partial charge in [0.1, 0.15) is 16.5 Å². The molecule has 4 heterocycles. The number of pyridine rings is 1. The fraction of sp³-hybridized carbons (Fsp3) is 0.188. The molecule has 0 aliphatic carbocycles. The fourth-order valence-corrected chi connectivity index (χ4v) is 3.30. The van der Waals surface area contributed by atoms with Gasteiger partial charge in [-0.25, -0.2) is 20.0 Å². The van der Waals surface area contributed by atoms with E-state index < -0.39 is 0 Å². The van der Waals surface area contributed by atoms with Gasteiger partial charge in [-0.05, 0) is 25.1 Å². The third-order valence-corrected chi connectivity index (χ3v) is 4.63. The first-order valence-electron chi connectivity index (χ1n) is 7.45. The Hall–Kier alpha value is -2.87. The minimum absolute atomic E-state index is 0.524. The summed E-state index contributed by atoms with van der Waals surface area (Å²) in [6.45, 7) is 3.09. The Kier molecular flexibility index (Phi) is 3.87. The van der Waals surface area contributed by atoms with Crippen LogP contribution in [-0.4, -0.2) is 39.0 Å². The third kappa shape index (κ3) is 2.83. The van der Waals surface area contributed by atoms with E-state index in [2.05, 4.69) is 25.0 Å². The fourth-order valence-electron chi connectivity index (χ4n) is 2.31. The SMILES string of the molecule is Cc1nc(-c2cccnc2)sc1C1=NN(c2ncccn2)CCO1. The van der Waals surface area contributed by atoms with Gasteiger partial charge >= 0.3 is 0 Å². The number of rotatable bonds is 3. The molecule has 1 aliphatic heterocycles. The lowest BCUT2D eigenvalue weighted by atomic mass is 10.3. The van der Waals surface area contributed by atoms with Crippen molar-refractivity contribution in [3.05, 3.63) is 53.6 Å². The van der Waals surface area contributed by atoms with E-state index in [9.17, 15) is 0 Å². The Morgan fingerprint density at radius 3 is 2.83 bits per heavy atom. The molecule has 0 radical (unpaired) electrons. The van der Waals surface area contributed by atoms with Crippen LogP contribution >= 0.6 is 11.3 Å². The molecule has 8 heteroatoms. The third-order valence-electron chi connectivity index (χ3n) is 3.44. The van der Waals surface area contributed by atoms with Crippen LogP contribution in [0.2, 0.25) is 0 Å². The predicted molar refractivity (Wildman–Crippen MR) is 91.9 cm³/mol. The van der Waals surface area contributed by atoms with Crippen molar-refractivity contribution in [3.63, 3.8) is 0 Å². The number of nitrogens with zero attached hydrogens (tertiary/aromatic N) is 6. The lowest BCUT2D eigenvalue weighted by Gasteiger charge is -2.23. The molecule has 4 rings (SSSR count). The number of aromatic nitrogens is 4. The molecule has 0 atom stereocenters. The van der Waals surface area contributed by atoms with Gasteiger partial charge in [-0.3, -0.25) is 4.98 Å². The molecule has 0 saturated heterocycles. The lowest BCUT2D eigenvalue weighted by molar-refractivity contribution is 0.293. The average Bonchev–Trinajstić information content (AvgIpc) is 3.05. The van der Waals surface area contributed by atoms with Crippen LogP contribution in [0.5, 0.6) is 0 Å². The lowest BCUT2D eigenvalue weighted by Crippen LogP contribution is -2.32. The second kappa shape index (κ2) is 6.32. The zero-order chi connectivity index (χ0) is 16.4. The van der Waals surface area contributed by atoms with Crippen LogP contribution in [0.1, 0.15) is 10.6 Å².